The number of ether oxygens (including phenoxy) is 7. The summed E-state index contributed by atoms with van der Waals surface area (Å²) in [4.78, 5) is 54.6. The monoisotopic (exact) mass is 700 g/mol. The third-order valence-corrected chi connectivity index (χ3v) is 7.21. The number of carbonyl (C=O) groups excluding carboxylic acids is 5. The van der Waals surface area contributed by atoms with Gasteiger partial charge in [-0.1, -0.05) is 12.1 Å². The lowest BCUT2D eigenvalue weighted by Gasteiger charge is -2.20. The lowest BCUT2D eigenvalue weighted by molar-refractivity contribution is -0.147. The fourth-order valence-corrected chi connectivity index (χ4v) is 4.91. The molecule has 3 aliphatic heterocycles. The minimum Gasteiger partial charge on any atom is -0.512 e. The van der Waals surface area contributed by atoms with Crippen LogP contribution in [-0.2, 0) is 51.0 Å². The van der Waals surface area contributed by atoms with Crippen LogP contribution >= 0.6 is 0 Å². The van der Waals surface area contributed by atoms with E-state index in [1.807, 2.05) is 36.4 Å². The maximum atomic E-state index is 11.6. The summed E-state index contributed by atoms with van der Waals surface area (Å²) in [5, 5.41) is 19.3. The summed E-state index contributed by atoms with van der Waals surface area (Å²) >= 11 is 0. The molecule has 0 radical (unpaired) electrons. The number of cyclic esters (lactones) is 1. The summed E-state index contributed by atoms with van der Waals surface area (Å²) in [6.07, 6.45) is 2.53. The Kier molecular flexibility index (Phi) is 16.1. The van der Waals surface area contributed by atoms with Crippen molar-refractivity contribution in [1.82, 2.24) is 0 Å². The van der Waals surface area contributed by atoms with Gasteiger partial charge in [-0.3, -0.25) is 19.2 Å². The van der Waals surface area contributed by atoms with Crippen LogP contribution in [0.15, 0.2) is 48.2 Å². The highest BCUT2D eigenvalue weighted by molar-refractivity contribution is 5.95. The highest BCUT2D eigenvalue weighted by Gasteiger charge is 2.22. The molecule has 0 spiro atoms. The van der Waals surface area contributed by atoms with Crippen LogP contribution in [0.4, 0.5) is 0 Å². The number of ketones is 2. The van der Waals surface area contributed by atoms with Crippen molar-refractivity contribution in [3.63, 3.8) is 0 Å². The Bertz CT molecular complexity index is 1510. The van der Waals surface area contributed by atoms with Crippen LogP contribution in [0.1, 0.15) is 70.4 Å². The number of fused-ring (bicyclic) bond motifs is 2. The molecule has 2 N–H and O–H groups in total. The molecule has 0 saturated heterocycles. The first-order valence-electron chi connectivity index (χ1n) is 16.3. The third-order valence-electron chi connectivity index (χ3n) is 7.21. The smallest absolute Gasteiger partial charge is 0.334 e. The highest BCUT2D eigenvalue weighted by atomic mass is 16.7. The largest absolute Gasteiger partial charge is 0.512 e. The lowest BCUT2D eigenvalue weighted by atomic mass is 10.0. The molecule has 5 rings (SSSR count). The molecule has 0 fully saturated rings. The second kappa shape index (κ2) is 20.4. The molecule has 2 aromatic carbocycles. The van der Waals surface area contributed by atoms with Gasteiger partial charge in [0.05, 0.1) is 25.4 Å². The number of esters is 3. The average Bonchev–Trinajstić information content (AvgIpc) is 3.72. The summed E-state index contributed by atoms with van der Waals surface area (Å²) in [5.41, 5.74) is 2.09. The minimum absolute atomic E-state index is 0.0383. The van der Waals surface area contributed by atoms with Gasteiger partial charge in [-0.05, 0) is 81.8 Å². The summed E-state index contributed by atoms with van der Waals surface area (Å²) in [6.45, 7) is 5.82. The van der Waals surface area contributed by atoms with E-state index in [0.29, 0.717) is 43.8 Å². The molecule has 2 unspecified atom stereocenters. The predicted octanol–water partition coefficient (Wildman–Crippen LogP) is 4.26. The van der Waals surface area contributed by atoms with Gasteiger partial charge in [-0.2, -0.15) is 0 Å². The van der Waals surface area contributed by atoms with Crippen LogP contribution in [0.3, 0.4) is 0 Å². The zero-order valence-corrected chi connectivity index (χ0v) is 28.5. The number of hydrogen-bond acceptors (Lipinski definition) is 14. The first-order valence-corrected chi connectivity index (χ1v) is 16.3. The molecule has 272 valence electrons. The number of hydrogen-bond donors (Lipinski definition) is 2. The van der Waals surface area contributed by atoms with Gasteiger partial charge < -0.3 is 43.4 Å². The van der Waals surface area contributed by atoms with Crippen molar-refractivity contribution in [2.24, 2.45) is 0 Å². The van der Waals surface area contributed by atoms with Crippen LogP contribution in [0, 0.1) is 0 Å². The molecule has 0 aliphatic carbocycles. The minimum atomic E-state index is -0.771. The quantitative estimate of drug-likeness (QED) is 0.161. The Morgan fingerprint density at radius 2 is 1.36 bits per heavy atom. The van der Waals surface area contributed by atoms with Crippen LogP contribution in [0.5, 0.6) is 23.0 Å². The SMILES string of the molecule is CCOC(=O)CC(=O)CC(O)CCc1ccc2c(c1)OCO2.CCOC(=O)CC(C)=O.O=C1C=C(O)CC(CCc2ccc3c(c2)OCO3)O1. The van der Waals surface area contributed by atoms with Crippen LogP contribution < -0.4 is 18.9 Å². The number of benzene rings is 2. The number of aliphatic hydroxyl groups excluding tert-OH is 2. The van der Waals surface area contributed by atoms with E-state index in [4.69, 9.17) is 28.4 Å². The van der Waals surface area contributed by atoms with E-state index >= 15 is 0 Å². The fourth-order valence-electron chi connectivity index (χ4n) is 4.91. The lowest BCUT2D eigenvalue weighted by Crippen LogP contribution is -2.23. The molecule has 14 nitrogen and oxygen atoms in total. The van der Waals surface area contributed by atoms with Crippen LogP contribution in [-0.4, -0.2) is 78.7 Å². The van der Waals surface area contributed by atoms with Crippen molar-refractivity contribution in [2.45, 2.75) is 84.3 Å². The Morgan fingerprint density at radius 1 is 0.820 bits per heavy atom. The van der Waals surface area contributed by atoms with E-state index in [9.17, 15) is 34.2 Å². The molecule has 0 saturated carbocycles. The van der Waals surface area contributed by atoms with E-state index in [0.717, 1.165) is 35.1 Å². The second-order valence-corrected chi connectivity index (χ2v) is 11.4. The zero-order valence-electron chi connectivity index (χ0n) is 28.5. The van der Waals surface area contributed by atoms with Crippen LogP contribution in [0.2, 0.25) is 0 Å². The van der Waals surface area contributed by atoms with Crippen molar-refractivity contribution in [3.8, 4) is 23.0 Å². The third kappa shape index (κ3) is 14.2. The molecule has 2 atom stereocenters. The first kappa shape index (κ1) is 39.3. The van der Waals surface area contributed by atoms with Gasteiger partial charge >= 0.3 is 17.9 Å². The standard InChI is InChI=1S/C16H20O6.C14H14O5.C6H10O3/c1-2-20-16(19)9-13(18)8-12(17)5-3-11-4-6-14-15(7-11)22-10-21-14;15-10-6-11(19-14(16)7-10)3-1-9-2-4-12-13(5-9)18-8-17-12;1-3-9-6(8)4-5(2)7/h4,6-7,12,17H,2-3,5,8-10H2,1H3;2,4-5,7,11,15H,1,3,6,8H2;3-4H2,1-2H3. The zero-order chi connectivity index (χ0) is 36.5. The number of rotatable bonds is 14. The van der Waals surface area contributed by atoms with E-state index in [1.165, 1.54) is 6.92 Å². The van der Waals surface area contributed by atoms with Gasteiger partial charge in [-0.15, -0.1) is 0 Å². The molecule has 0 aromatic heterocycles. The predicted molar refractivity (Wildman–Crippen MR) is 176 cm³/mol. The Labute approximate surface area is 290 Å². The number of aryl methyl sites for hydroxylation is 2. The van der Waals surface area contributed by atoms with E-state index < -0.39 is 24.0 Å². The Hall–Kier alpha value is -5.11. The molecule has 3 aliphatic rings. The summed E-state index contributed by atoms with van der Waals surface area (Å²) in [6, 6.07) is 11.4. The topological polar surface area (TPSA) is 190 Å². The van der Waals surface area contributed by atoms with Gasteiger partial charge in [0.15, 0.2) is 23.0 Å². The van der Waals surface area contributed by atoms with Crippen molar-refractivity contribution in [3.05, 3.63) is 59.4 Å². The maximum absolute atomic E-state index is 11.6. The van der Waals surface area contributed by atoms with Crippen molar-refractivity contribution in [2.75, 3.05) is 26.8 Å². The molecule has 0 amide bonds. The Balaban J connectivity index is 0.000000220. The molecule has 2 aromatic rings. The average molecular weight is 701 g/mol. The van der Waals surface area contributed by atoms with Crippen molar-refractivity contribution in [1.29, 1.82) is 0 Å². The van der Waals surface area contributed by atoms with Gasteiger partial charge in [0.1, 0.15) is 36.3 Å². The number of aliphatic hydroxyl groups is 2. The Morgan fingerprint density at radius 3 is 1.90 bits per heavy atom. The van der Waals surface area contributed by atoms with Crippen molar-refractivity contribution < 1.29 is 67.3 Å². The molecule has 0 bridgehead atoms. The van der Waals surface area contributed by atoms with Crippen molar-refractivity contribution >= 4 is 29.5 Å². The summed E-state index contributed by atoms with van der Waals surface area (Å²) in [5.74, 6) is 1.09. The van der Waals surface area contributed by atoms with E-state index in [-0.39, 0.29) is 62.9 Å². The van der Waals surface area contributed by atoms with Gasteiger partial charge in [0, 0.05) is 12.8 Å². The summed E-state index contributed by atoms with van der Waals surface area (Å²) in [7, 11) is 0. The van der Waals surface area contributed by atoms with Gasteiger partial charge in [-0.25, -0.2) is 4.79 Å². The second-order valence-electron chi connectivity index (χ2n) is 11.4. The number of carbonyl (C=O) groups is 5. The highest BCUT2D eigenvalue weighted by Crippen LogP contribution is 2.34. The fraction of sp³-hybridized carbons (Fsp3) is 0.472. The first-order chi connectivity index (χ1) is 23.9. The molecule has 3 heterocycles. The molecule has 50 heavy (non-hydrogen) atoms. The van der Waals surface area contributed by atoms with E-state index in [1.54, 1.807) is 13.8 Å². The van der Waals surface area contributed by atoms with E-state index in [2.05, 4.69) is 4.74 Å². The van der Waals surface area contributed by atoms with Gasteiger partial charge in [0.25, 0.3) is 0 Å². The molecular formula is C36H44O14. The van der Waals surface area contributed by atoms with Gasteiger partial charge in [0.2, 0.25) is 13.6 Å². The van der Waals surface area contributed by atoms with Crippen LogP contribution in [0.25, 0.3) is 0 Å². The summed E-state index contributed by atoms with van der Waals surface area (Å²) < 4.78 is 35.4. The maximum Gasteiger partial charge on any atom is 0.334 e. The molecule has 14 heteroatoms. The normalized spacial score (nSPS) is 15.6. The number of Topliss-reactive ketones (excluding diaryl/α,β-unsaturated/α-hetero) is 2. The molecular weight excluding hydrogens is 656 g/mol.